The molecule has 3 rings (SSSR count). The van der Waals surface area contributed by atoms with E-state index in [-0.39, 0.29) is 17.8 Å². The van der Waals surface area contributed by atoms with Gasteiger partial charge in [-0.05, 0) is 18.9 Å². The van der Waals surface area contributed by atoms with Crippen LogP contribution in [-0.2, 0) is 13.6 Å². The van der Waals surface area contributed by atoms with E-state index in [9.17, 15) is 9.18 Å². The first kappa shape index (κ1) is 16.6. The van der Waals surface area contributed by atoms with Crippen molar-refractivity contribution in [2.75, 3.05) is 20.1 Å². The van der Waals surface area contributed by atoms with Crippen LogP contribution in [0.15, 0.2) is 36.7 Å². The number of rotatable bonds is 4. The molecule has 1 amide bonds. The zero-order valence-corrected chi connectivity index (χ0v) is 14.2. The van der Waals surface area contributed by atoms with Crippen LogP contribution in [0.1, 0.15) is 28.8 Å². The zero-order chi connectivity index (χ0) is 17.1. The van der Waals surface area contributed by atoms with Gasteiger partial charge >= 0.3 is 0 Å². The Kier molecular flexibility index (Phi) is 4.94. The summed E-state index contributed by atoms with van der Waals surface area (Å²) in [6.45, 7) is 2.35. The van der Waals surface area contributed by atoms with E-state index in [0.717, 1.165) is 31.5 Å². The summed E-state index contributed by atoms with van der Waals surface area (Å²) in [6.07, 6.45) is 5.15. The van der Waals surface area contributed by atoms with Gasteiger partial charge in [0.2, 0.25) is 0 Å². The second-order valence-electron chi connectivity index (χ2n) is 6.42. The molecule has 2 aromatic rings. The molecule has 0 bridgehead atoms. The number of likely N-dealkylation sites (tertiary alicyclic amines) is 1. The van der Waals surface area contributed by atoms with E-state index in [4.69, 9.17) is 0 Å². The molecule has 0 atom stereocenters. The van der Waals surface area contributed by atoms with E-state index in [2.05, 4.69) is 10.00 Å². The standard InChI is InChI=1S/C18H23FN4O/c1-21-12-15(11-20-21)18(24)22(2)16-7-9-23(10-8-16)13-14-5-3-4-6-17(14)19/h3-6,11-12,16H,7-10,13H2,1-2H3. The molecule has 128 valence electrons. The van der Waals surface area contributed by atoms with Crippen LogP contribution in [0.3, 0.4) is 0 Å². The first-order valence-corrected chi connectivity index (χ1v) is 8.26. The first-order chi connectivity index (χ1) is 11.5. The van der Waals surface area contributed by atoms with Crippen LogP contribution in [0.25, 0.3) is 0 Å². The summed E-state index contributed by atoms with van der Waals surface area (Å²) in [5.41, 5.74) is 1.35. The molecule has 0 aliphatic carbocycles. The van der Waals surface area contributed by atoms with E-state index in [1.165, 1.54) is 6.07 Å². The van der Waals surface area contributed by atoms with Gasteiger partial charge in [0.25, 0.3) is 5.91 Å². The fourth-order valence-corrected chi connectivity index (χ4v) is 3.23. The first-order valence-electron chi connectivity index (χ1n) is 8.26. The van der Waals surface area contributed by atoms with E-state index in [1.54, 1.807) is 30.2 Å². The Hall–Kier alpha value is -2.21. The molecule has 5 nitrogen and oxygen atoms in total. The van der Waals surface area contributed by atoms with Crippen molar-refractivity contribution < 1.29 is 9.18 Å². The highest BCUT2D eigenvalue weighted by Gasteiger charge is 2.26. The predicted octanol–water partition coefficient (Wildman–Crippen LogP) is 2.30. The largest absolute Gasteiger partial charge is 0.339 e. The molecule has 24 heavy (non-hydrogen) atoms. The average Bonchev–Trinajstić information content (AvgIpc) is 3.03. The SMILES string of the molecule is CN(C(=O)c1cnn(C)c1)C1CCN(Cc2ccccc2F)CC1. The summed E-state index contributed by atoms with van der Waals surface area (Å²) in [6, 6.07) is 7.13. The lowest BCUT2D eigenvalue weighted by atomic mass is 10.0. The van der Waals surface area contributed by atoms with Gasteiger partial charge in [-0.15, -0.1) is 0 Å². The Morgan fingerprint density at radius 1 is 1.33 bits per heavy atom. The molecule has 0 saturated carbocycles. The van der Waals surface area contributed by atoms with Gasteiger partial charge in [-0.1, -0.05) is 18.2 Å². The fraction of sp³-hybridized carbons (Fsp3) is 0.444. The maximum absolute atomic E-state index is 13.8. The minimum atomic E-state index is -0.150. The van der Waals surface area contributed by atoms with Gasteiger partial charge in [-0.2, -0.15) is 5.10 Å². The van der Waals surface area contributed by atoms with Crippen molar-refractivity contribution in [2.24, 2.45) is 7.05 Å². The fourth-order valence-electron chi connectivity index (χ4n) is 3.23. The third-order valence-corrected chi connectivity index (χ3v) is 4.73. The Balaban J connectivity index is 1.55. The summed E-state index contributed by atoms with van der Waals surface area (Å²) in [4.78, 5) is 16.5. The molecule has 1 aliphatic heterocycles. The third-order valence-electron chi connectivity index (χ3n) is 4.73. The average molecular weight is 330 g/mol. The van der Waals surface area contributed by atoms with Crippen molar-refractivity contribution in [1.29, 1.82) is 0 Å². The summed E-state index contributed by atoms with van der Waals surface area (Å²) in [5.74, 6) is -0.140. The maximum atomic E-state index is 13.8. The highest BCUT2D eigenvalue weighted by atomic mass is 19.1. The van der Waals surface area contributed by atoms with Gasteiger partial charge in [0.15, 0.2) is 0 Å². The molecular weight excluding hydrogens is 307 g/mol. The molecule has 0 N–H and O–H groups in total. The van der Waals surface area contributed by atoms with Crippen LogP contribution in [0.4, 0.5) is 4.39 Å². The number of aromatic nitrogens is 2. The number of hydrogen-bond acceptors (Lipinski definition) is 3. The van der Waals surface area contributed by atoms with Gasteiger partial charge in [-0.3, -0.25) is 14.4 Å². The highest BCUT2D eigenvalue weighted by molar-refractivity contribution is 5.93. The number of nitrogens with zero attached hydrogens (tertiary/aromatic N) is 4. The van der Waals surface area contributed by atoms with Gasteiger partial charge < -0.3 is 4.90 Å². The summed E-state index contributed by atoms with van der Waals surface area (Å²) >= 11 is 0. The Bertz CT molecular complexity index is 707. The summed E-state index contributed by atoms with van der Waals surface area (Å²) in [7, 11) is 3.66. The number of amides is 1. The number of benzene rings is 1. The van der Waals surface area contributed by atoms with Gasteiger partial charge in [0.05, 0.1) is 11.8 Å². The van der Waals surface area contributed by atoms with E-state index >= 15 is 0 Å². The van der Waals surface area contributed by atoms with Crippen molar-refractivity contribution in [3.8, 4) is 0 Å². The van der Waals surface area contributed by atoms with Crippen LogP contribution in [0.2, 0.25) is 0 Å². The van der Waals surface area contributed by atoms with Gasteiger partial charge in [-0.25, -0.2) is 4.39 Å². The molecule has 0 radical (unpaired) electrons. The normalized spacial score (nSPS) is 16.3. The van der Waals surface area contributed by atoms with Crippen molar-refractivity contribution in [1.82, 2.24) is 19.6 Å². The predicted molar refractivity (Wildman–Crippen MR) is 90.0 cm³/mol. The minimum Gasteiger partial charge on any atom is -0.339 e. The molecule has 0 unspecified atom stereocenters. The molecule has 2 heterocycles. The Morgan fingerprint density at radius 3 is 2.67 bits per heavy atom. The number of piperidine rings is 1. The van der Waals surface area contributed by atoms with E-state index in [0.29, 0.717) is 12.1 Å². The zero-order valence-electron chi connectivity index (χ0n) is 14.2. The molecular formula is C18H23FN4O. The second kappa shape index (κ2) is 7.13. The topological polar surface area (TPSA) is 41.4 Å². The molecule has 6 heteroatoms. The number of aryl methyl sites for hydroxylation is 1. The second-order valence-corrected chi connectivity index (χ2v) is 6.42. The summed E-state index contributed by atoms with van der Waals surface area (Å²) in [5, 5.41) is 4.06. The molecule has 1 fully saturated rings. The van der Waals surface area contributed by atoms with Crippen LogP contribution < -0.4 is 0 Å². The van der Waals surface area contributed by atoms with Crippen LogP contribution >= 0.6 is 0 Å². The van der Waals surface area contributed by atoms with Crippen LogP contribution in [-0.4, -0.2) is 51.7 Å². The monoisotopic (exact) mass is 330 g/mol. The Morgan fingerprint density at radius 2 is 2.04 bits per heavy atom. The lowest BCUT2D eigenvalue weighted by molar-refractivity contribution is 0.0635. The van der Waals surface area contributed by atoms with Gasteiger partial charge in [0.1, 0.15) is 5.82 Å². The van der Waals surface area contributed by atoms with Gasteiger partial charge in [0, 0.05) is 51.5 Å². The van der Waals surface area contributed by atoms with E-state index < -0.39 is 0 Å². The molecule has 1 aromatic heterocycles. The Labute approximate surface area is 141 Å². The van der Waals surface area contributed by atoms with Crippen LogP contribution in [0.5, 0.6) is 0 Å². The van der Waals surface area contributed by atoms with E-state index in [1.807, 2.05) is 24.1 Å². The lowest BCUT2D eigenvalue weighted by Gasteiger charge is -2.36. The maximum Gasteiger partial charge on any atom is 0.257 e. The van der Waals surface area contributed by atoms with Crippen LogP contribution in [0, 0.1) is 5.82 Å². The molecule has 1 aliphatic rings. The third kappa shape index (κ3) is 3.64. The molecule has 1 saturated heterocycles. The molecule has 1 aromatic carbocycles. The smallest absolute Gasteiger partial charge is 0.257 e. The van der Waals surface area contributed by atoms with Crippen molar-refractivity contribution in [3.05, 3.63) is 53.6 Å². The van der Waals surface area contributed by atoms with Crippen molar-refractivity contribution in [2.45, 2.75) is 25.4 Å². The number of hydrogen-bond donors (Lipinski definition) is 0. The lowest BCUT2D eigenvalue weighted by Crippen LogP contribution is -2.45. The number of carbonyl (C=O) groups excluding carboxylic acids is 1. The summed E-state index contributed by atoms with van der Waals surface area (Å²) < 4.78 is 15.4. The van der Waals surface area contributed by atoms with Crippen molar-refractivity contribution in [3.63, 3.8) is 0 Å². The molecule has 0 spiro atoms. The number of halogens is 1. The highest BCUT2D eigenvalue weighted by Crippen LogP contribution is 2.20. The number of carbonyl (C=O) groups is 1. The van der Waals surface area contributed by atoms with Crippen molar-refractivity contribution >= 4 is 5.91 Å². The quantitative estimate of drug-likeness (QED) is 0.864. The minimum absolute atomic E-state index is 0.00986.